The van der Waals surface area contributed by atoms with E-state index < -0.39 is 5.38 Å². The molecule has 1 N–H and O–H groups in total. The second-order valence-corrected chi connectivity index (χ2v) is 4.91. The summed E-state index contributed by atoms with van der Waals surface area (Å²) in [6.45, 7) is 0. The van der Waals surface area contributed by atoms with Crippen molar-refractivity contribution in [1.29, 1.82) is 5.26 Å². The first-order valence-corrected chi connectivity index (χ1v) is 6.63. The minimum absolute atomic E-state index is 0.288. The highest BCUT2D eigenvalue weighted by Crippen LogP contribution is 2.24. The summed E-state index contributed by atoms with van der Waals surface area (Å²) in [4.78, 5) is 12.0. The van der Waals surface area contributed by atoms with Crippen LogP contribution >= 0.6 is 23.2 Å². The molecule has 0 aliphatic rings. The highest BCUT2D eigenvalue weighted by atomic mass is 35.5. The van der Waals surface area contributed by atoms with Crippen molar-refractivity contribution < 1.29 is 4.79 Å². The van der Waals surface area contributed by atoms with Gasteiger partial charge in [-0.2, -0.15) is 5.26 Å². The lowest BCUT2D eigenvalue weighted by Gasteiger charge is -2.11. The quantitative estimate of drug-likeness (QED) is 0.867. The maximum Gasteiger partial charge on any atom is 0.246 e. The monoisotopic (exact) mass is 304 g/mol. The third-order valence-corrected chi connectivity index (χ3v) is 3.44. The fourth-order valence-corrected chi connectivity index (χ4v) is 2.09. The van der Waals surface area contributed by atoms with Crippen molar-refractivity contribution in [1.82, 2.24) is 0 Å². The average Bonchev–Trinajstić information content (AvgIpc) is 2.47. The Hall–Kier alpha value is -2.02. The van der Waals surface area contributed by atoms with Crippen LogP contribution in [-0.2, 0) is 4.79 Å². The molecule has 0 saturated carbocycles. The highest BCUT2D eigenvalue weighted by Gasteiger charge is 2.17. The van der Waals surface area contributed by atoms with Crippen molar-refractivity contribution >= 4 is 34.8 Å². The summed E-state index contributed by atoms with van der Waals surface area (Å²) >= 11 is 12.0. The van der Waals surface area contributed by atoms with E-state index in [1.54, 1.807) is 24.3 Å². The molecule has 1 unspecified atom stereocenters. The van der Waals surface area contributed by atoms with Gasteiger partial charge in [0.15, 0.2) is 0 Å². The zero-order chi connectivity index (χ0) is 14.5. The molecule has 1 amide bonds. The SMILES string of the molecule is N#Cc1ccc(NC(=O)C(Cl)c2ccccc2)cc1Cl. The van der Waals surface area contributed by atoms with Crippen LogP contribution in [0.25, 0.3) is 0 Å². The van der Waals surface area contributed by atoms with Gasteiger partial charge in [0.25, 0.3) is 0 Å². The Morgan fingerprint density at radius 3 is 2.50 bits per heavy atom. The van der Waals surface area contributed by atoms with E-state index in [1.807, 2.05) is 24.3 Å². The van der Waals surface area contributed by atoms with Gasteiger partial charge in [0.2, 0.25) is 5.91 Å². The maximum atomic E-state index is 12.0. The van der Waals surface area contributed by atoms with Gasteiger partial charge in [0.1, 0.15) is 11.4 Å². The van der Waals surface area contributed by atoms with Crippen LogP contribution in [0.1, 0.15) is 16.5 Å². The fraction of sp³-hybridized carbons (Fsp3) is 0.0667. The van der Waals surface area contributed by atoms with E-state index in [9.17, 15) is 4.79 Å². The Morgan fingerprint density at radius 2 is 1.90 bits per heavy atom. The summed E-state index contributed by atoms with van der Waals surface area (Å²) in [5.41, 5.74) is 1.57. The summed E-state index contributed by atoms with van der Waals surface area (Å²) in [7, 11) is 0. The van der Waals surface area contributed by atoms with Crippen LogP contribution in [0.4, 0.5) is 5.69 Å². The standard InChI is InChI=1S/C15H10Cl2N2O/c16-13-8-12(7-6-11(13)9-18)19-15(20)14(17)10-4-2-1-3-5-10/h1-8,14H,(H,19,20). The van der Waals surface area contributed by atoms with E-state index in [0.29, 0.717) is 16.8 Å². The number of anilines is 1. The third kappa shape index (κ3) is 3.30. The van der Waals surface area contributed by atoms with Crippen molar-refractivity contribution in [3.8, 4) is 6.07 Å². The Kier molecular flexibility index (Phi) is 4.62. The van der Waals surface area contributed by atoms with Crippen LogP contribution in [0.2, 0.25) is 5.02 Å². The second kappa shape index (κ2) is 6.42. The molecule has 1 atom stereocenters. The van der Waals surface area contributed by atoms with Crippen LogP contribution < -0.4 is 5.32 Å². The number of nitriles is 1. The Balaban J connectivity index is 2.12. The zero-order valence-corrected chi connectivity index (χ0v) is 11.8. The number of carbonyl (C=O) groups is 1. The molecule has 0 aromatic heterocycles. The van der Waals surface area contributed by atoms with Crippen molar-refractivity contribution in [2.24, 2.45) is 0 Å². The molecule has 3 nitrogen and oxygen atoms in total. The fourth-order valence-electron chi connectivity index (χ4n) is 1.66. The molecule has 2 rings (SSSR count). The Labute approximate surface area is 126 Å². The second-order valence-electron chi connectivity index (χ2n) is 4.07. The molecule has 0 aliphatic carbocycles. The minimum atomic E-state index is -0.786. The molecule has 100 valence electrons. The first-order valence-electron chi connectivity index (χ1n) is 5.81. The lowest BCUT2D eigenvalue weighted by Crippen LogP contribution is -2.17. The minimum Gasteiger partial charge on any atom is -0.324 e. The number of nitrogens with zero attached hydrogens (tertiary/aromatic N) is 1. The molecule has 0 heterocycles. The number of halogens is 2. The predicted octanol–water partition coefficient (Wildman–Crippen LogP) is 4.13. The van der Waals surface area contributed by atoms with E-state index in [1.165, 1.54) is 6.07 Å². The zero-order valence-electron chi connectivity index (χ0n) is 10.3. The number of alkyl halides is 1. The van der Waals surface area contributed by atoms with Gasteiger partial charge in [-0.1, -0.05) is 41.9 Å². The average molecular weight is 305 g/mol. The number of nitrogens with one attached hydrogen (secondary N) is 1. The van der Waals surface area contributed by atoms with Crippen LogP contribution in [0.3, 0.4) is 0 Å². The lowest BCUT2D eigenvalue weighted by molar-refractivity contribution is -0.116. The number of amides is 1. The molecule has 20 heavy (non-hydrogen) atoms. The number of hydrogen-bond donors (Lipinski definition) is 1. The lowest BCUT2D eigenvalue weighted by atomic mass is 10.1. The largest absolute Gasteiger partial charge is 0.324 e. The predicted molar refractivity (Wildman–Crippen MR) is 79.8 cm³/mol. The van der Waals surface area contributed by atoms with Gasteiger partial charge in [0.05, 0.1) is 10.6 Å². The van der Waals surface area contributed by atoms with Gasteiger partial charge < -0.3 is 5.32 Å². The van der Waals surface area contributed by atoms with Gasteiger partial charge >= 0.3 is 0 Å². The molecule has 0 spiro atoms. The van der Waals surface area contributed by atoms with Crippen molar-refractivity contribution in [3.05, 3.63) is 64.7 Å². The molecule has 0 radical (unpaired) electrons. The first-order chi connectivity index (χ1) is 9.61. The Morgan fingerprint density at radius 1 is 1.20 bits per heavy atom. The molecule has 2 aromatic rings. The molecule has 2 aromatic carbocycles. The van der Waals surface area contributed by atoms with Gasteiger partial charge in [-0.05, 0) is 23.8 Å². The molecule has 0 aliphatic heterocycles. The van der Waals surface area contributed by atoms with Crippen LogP contribution in [0, 0.1) is 11.3 Å². The topological polar surface area (TPSA) is 52.9 Å². The Bertz CT molecular complexity index is 665. The maximum absolute atomic E-state index is 12.0. The normalized spacial score (nSPS) is 11.4. The van der Waals surface area contributed by atoms with Crippen LogP contribution in [0.5, 0.6) is 0 Å². The van der Waals surface area contributed by atoms with Gasteiger partial charge in [-0.15, -0.1) is 11.6 Å². The molecular formula is C15H10Cl2N2O. The van der Waals surface area contributed by atoms with E-state index in [-0.39, 0.29) is 10.9 Å². The molecule has 5 heteroatoms. The van der Waals surface area contributed by atoms with Crippen molar-refractivity contribution in [2.45, 2.75) is 5.38 Å². The van der Waals surface area contributed by atoms with Gasteiger partial charge in [-0.25, -0.2) is 0 Å². The molecular weight excluding hydrogens is 295 g/mol. The van der Waals surface area contributed by atoms with E-state index in [4.69, 9.17) is 28.5 Å². The molecule has 0 bridgehead atoms. The number of hydrogen-bond acceptors (Lipinski definition) is 2. The summed E-state index contributed by atoms with van der Waals surface area (Å²) in [5.74, 6) is -0.348. The summed E-state index contributed by atoms with van der Waals surface area (Å²) in [5, 5.41) is 11.0. The van der Waals surface area contributed by atoms with E-state index >= 15 is 0 Å². The number of rotatable bonds is 3. The highest BCUT2D eigenvalue weighted by molar-refractivity contribution is 6.33. The van der Waals surface area contributed by atoms with Gasteiger partial charge in [-0.3, -0.25) is 4.79 Å². The van der Waals surface area contributed by atoms with Gasteiger partial charge in [0, 0.05) is 5.69 Å². The molecule has 0 fully saturated rings. The van der Waals surface area contributed by atoms with Crippen molar-refractivity contribution in [2.75, 3.05) is 5.32 Å². The third-order valence-electron chi connectivity index (χ3n) is 2.68. The van der Waals surface area contributed by atoms with Crippen LogP contribution in [0.15, 0.2) is 48.5 Å². The van der Waals surface area contributed by atoms with E-state index in [2.05, 4.69) is 5.32 Å². The van der Waals surface area contributed by atoms with E-state index in [0.717, 1.165) is 0 Å². The van der Waals surface area contributed by atoms with Crippen molar-refractivity contribution in [3.63, 3.8) is 0 Å². The smallest absolute Gasteiger partial charge is 0.246 e. The summed E-state index contributed by atoms with van der Waals surface area (Å²) < 4.78 is 0. The molecule has 0 saturated heterocycles. The van der Waals surface area contributed by atoms with Crippen LogP contribution in [-0.4, -0.2) is 5.91 Å². The first kappa shape index (κ1) is 14.4. The summed E-state index contributed by atoms with van der Waals surface area (Å²) in [6.07, 6.45) is 0. The summed E-state index contributed by atoms with van der Waals surface area (Å²) in [6, 6.07) is 15.7. The number of benzene rings is 2. The number of carbonyl (C=O) groups excluding carboxylic acids is 1.